The molecule has 0 aliphatic rings. The van der Waals surface area contributed by atoms with Crippen molar-refractivity contribution in [1.82, 2.24) is 19.9 Å². The second kappa shape index (κ2) is 6.35. The van der Waals surface area contributed by atoms with Gasteiger partial charge in [0.2, 0.25) is 5.82 Å². The summed E-state index contributed by atoms with van der Waals surface area (Å²) in [6.45, 7) is 6.04. The van der Waals surface area contributed by atoms with Gasteiger partial charge in [0.1, 0.15) is 0 Å². The summed E-state index contributed by atoms with van der Waals surface area (Å²) in [7, 11) is 0. The highest BCUT2D eigenvalue weighted by molar-refractivity contribution is 5.89. The molecule has 2 aromatic heterocycles. The van der Waals surface area contributed by atoms with Crippen molar-refractivity contribution in [2.24, 2.45) is 0 Å². The summed E-state index contributed by atoms with van der Waals surface area (Å²) in [4.78, 5) is 39.3. The zero-order valence-corrected chi connectivity index (χ0v) is 13.8. The predicted octanol–water partition coefficient (Wildman–Crippen LogP) is 2.17. The molecule has 0 bridgehead atoms. The first-order chi connectivity index (χ1) is 11.6. The molecule has 1 aromatic carbocycles. The fourth-order valence-corrected chi connectivity index (χ4v) is 2.67. The van der Waals surface area contributed by atoms with Gasteiger partial charge < -0.3 is 4.74 Å². The lowest BCUT2D eigenvalue weighted by molar-refractivity contribution is 0.0512. The number of rotatable bonds is 4. The van der Waals surface area contributed by atoms with Crippen LogP contribution in [0.4, 0.5) is 0 Å². The van der Waals surface area contributed by atoms with Crippen LogP contribution in [0.25, 0.3) is 22.2 Å². The van der Waals surface area contributed by atoms with Crippen LogP contribution in [-0.2, 0) is 17.6 Å². The predicted molar refractivity (Wildman–Crippen MR) is 90.2 cm³/mol. The zero-order valence-electron chi connectivity index (χ0n) is 13.8. The molecule has 0 aliphatic carbocycles. The quantitative estimate of drug-likeness (QED) is 0.583. The normalized spacial score (nSPS) is 11.1. The van der Waals surface area contributed by atoms with E-state index in [0.717, 1.165) is 12.8 Å². The van der Waals surface area contributed by atoms with E-state index in [-0.39, 0.29) is 23.6 Å². The van der Waals surface area contributed by atoms with E-state index in [1.807, 2.05) is 12.1 Å². The highest BCUT2D eigenvalue weighted by Gasteiger charge is 2.15. The molecule has 1 N–H and O–H groups in total. The van der Waals surface area contributed by atoms with E-state index in [9.17, 15) is 9.59 Å². The topological polar surface area (TPSA) is 97.8 Å². The molecular formula is C17H18N4O3. The smallest absolute Gasteiger partial charge is 0.374 e. The zero-order chi connectivity index (χ0) is 17.3. The summed E-state index contributed by atoms with van der Waals surface area (Å²) >= 11 is 0. The van der Waals surface area contributed by atoms with E-state index >= 15 is 0 Å². The van der Waals surface area contributed by atoms with E-state index in [1.54, 1.807) is 6.92 Å². The molecule has 7 heteroatoms. The van der Waals surface area contributed by atoms with Gasteiger partial charge in [-0.2, -0.15) is 0 Å². The maximum absolute atomic E-state index is 12.2. The largest absolute Gasteiger partial charge is 0.460 e. The van der Waals surface area contributed by atoms with Crippen molar-refractivity contribution in [1.29, 1.82) is 0 Å². The number of aromatic nitrogens is 4. The Balaban J connectivity index is 2.26. The third kappa shape index (κ3) is 2.73. The number of carbonyl (C=O) groups is 1. The number of carbonyl (C=O) groups excluding carboxylic acids is 1. The maximum Gasteiger partial charge on any atom is 0.374 e. The minimum atomic E-state index is -0.686. The van der Waals surface area contributed by atoms with Gasteiger partial charge in [0.05, 0.1) is 17.6 Å². The minimum absolute atomic E-state index is 0.113. The number of hydrogen-bond donors (Lipinski definition) is 1. The molecule has 0 radical (unpaired) electrons. The third-order valence-corrected chi connectivity index (χ3v) is 3.86. The number of esters is 1. The standard InChI is InChI=1S/C17H18N4O3/c1-4-9-7-11-12(8-10(9)5-2)19-14-13(18-11)16(22)21-15(20-14)17(23)24-6-3/h7-8H,4-6H2,1-3H3,(H,19,20,21,22). The van der Waals surface area contributed by atoms with E-state index in [0.29, 0.717) is 11.0 Å². The number of aryl methyl sites for hydroxylation is 2. The molecule has 124 valence electrons. The Kier molecular flexibility index (Phi) is 4.24. The van der Waals surface area contributed by atoms with Crippen molar-refractivity contribution in [3.05, 3.63) is 39.4 Å². The van der Waals surface area contributed by atoms with Crippen molar-refractivity contribution < 1.29 is 9.53 Å². The molecule has 3 rings (SSSR count). The second-order valence-electron chi connectivity index (χ2n) is 5.35. The first-order valence-corrected chi connectivity index (χ1v) is 7.98. The van der Waals surface area contributed by atoms with Crippen LogP contribution in [-0.4, -0.2) is 32.5 Å². The molecule has 0 saturated heterocycles. The van der Waals surface area contributed by atoms with Crippen molar-refractivity contribution >= 4 is 28.2 Å². The molecule has 0 fully saturated rings. The van der Waals surface area contributed by atoms with Crippen LogP contribution in [0.5, 0.6) is 0 Å². The summed E-state index contributed by atoms with van der Waals surface area (Å²) in [6, 6.07) is 3.92. The number of nitrogens with one attached hydrogen (secondary N) is 1. The molecule has 24 heavy (non-hydrogen) atoms. The van der Waals surface area contributed by atoms with E-state index < -0.39 is 11.5 Å². The van der Waals surface area contributed by atoms with Crippen LogP contribution in [0.15, 0.2) is 16.9 Å². The van der Waals surface area contributed by atoms with E-state index in [4.69, 9.17) is 4.74 Å². The number of fused-ring (bicyclic) bond motifs is 2. The van der Waals surface area contributed by atoms with Gasteiger partial charge in [-0.25, -0.2) is 19.7 Å². The molecule has 0 atom stereocenters. The van der Waals surface area contributed by atoms with Gasteiger partial charge >= 0.3 is 5.97 Å². The van der Waals surface area contributed by atoms with Gasteiger partial charge in [0.25, 0.3) is 5.56 Å². The van der Waals surface area contributed by atoms with Gasteiger partial charge in [-0.1, -0.05) is 13.8 Å². The molecule has 0 spiro atoms. The van der Waals surface area contributed by atoms with Gasteiger partial charge in [0, 0.05) is 0 Å². The number of H-pyrrole nitrogens is 1. The number of nitrogens with zero attached hydrogens (tertiary/aromatic N) is 3. The van der Waals surface area contributed by atoms with Gasteiger partial charge in [-0.15, -0.1) is 0 Å². The molecule has 0 amide bonds. The summed E-state index contributed by atoms with van der Waals surface area (Å²) in [5.41, 5.74) is 3.43. The lowest BCUT2D eigenvalue weighted by Crippen LogP contribution is -2.19. The number of hydrogen-bond acceptors (Lipinski definition) is 6. The fraction of sp³-hybridized carbons (Fsp3) is 0.353. The second-order valence-corrected chi connectivity index (χ2v) is 5.35. The first-order valence-electron chi connectivity index (χ1n) is 7.98. The Labute approximate surface area is 138 Å². The molecule has 0 aliphatic heterocycles. The molecule has 7 nitrogen and oxygen atoms in total. The lowest BCUT2D eigenvalue weighted by Gasteiger charge is -2.08. The Morgan fingerprint density at radius 3 is 2.25 bits per heavy atom. The molecular weight excluding hydrogens is 308 g/mol. The van der Waals surface area contributed by atoms with Crippen molar-refractivity contribution in [3.8, 4) is 0 Å². The lowest BCUT2D eigenvalue weighted by atomic mass is 10.0. The highest BCUT2D eigenvalue weighted by Crippen LogP contribution is 2.20. The average Bonchev–Trinajstić information content (AvgIpc) is 2.59. The van der Waals surface area contributed by atoms with Gasteiger partial charge in [-0.05, 0) is 43.0 Å². The Morgan fingerprint density at radius 2 is 1.67 bits per heavy atom. The summed E-state index contributed by atoms with van der Waals surface area (Å²) in [5, 5.41) is 0. The van der Waals surface area contributed by atoms with Gasteiger partial charge in [-0.3, -0.25) is 9.78 Å². The Hall–Kier alpha value is -2.83. The maximum atomic E-state index is 12.2. The van der Waals surface area contributed by atoms with Crippen LogP contribution in [0.2, 0.25) is 0 Å². The molecule has 0 unspecified atom stereocenters. The monoisotopic (exact) mass is 326 g/mol. The van der Waals surface area contributed by atoms with Crippen molar-refractivity contribution in [3.63, 3.8) is 0 Å². The highest BCUT2D eigenvalue weighted by atomic mass is 16.5. The Bertz CT molecular complexity index is 994. The van der Waals surface area contributed by atoms with Crippen LogP contribution in [0, 0.1) is 0 Å². The fourth-order valence-electron chi connectivity index (χ4n) is 2.67. The molecule has 2 heterocycles. The van der Waals surface area contributed by atoms with Gasteiger partial charge in [0.15, 0.2) is 11.2 Å². The average molecular weight is 326 g/mol. The van der Waals surface area contributed by atoms with Crippen LogP contribution < -0.4 is 5.56 Å². The van der Waals surface area contributed by atoms with E-state index in [1.165, 1.54) is 11.1 Å². The third-order valence-electron chi connectivity index (χ3n) is 3.86. The summed E-state index contributed by atoms with van der Waals surface area (Å²) in [5.74, 6) is -0.849. The van der Waals surface area contributed by atoms with E-state index in [2.05, 4.69) is 33.8 Å². The summed E-state index contributed by atoms with van der Waals surface area (Å²) in [6.07, 6.45) is 1.77. The van der Waals surface area contributed by atoms with Crippen molar-refractivity contribution in [2.75, 3.05) is 6.61 Å². The van der Waals surface area contributed by atoms with Crippen LogP contribution >= 0.6 is 0 Å². The minimum Gasteiger partial charge on any atom is -0.460 e. The number of benzene rings is 1. The van der Waals surface area contributed by atoms with Crippen LogP contribution in [0.1, 0.15) is 42.5 Å². The summed E-state index contributed by atoms with van der Waals surface area (Å²) < 4.78 is 4.87. The molecule has 0 saturated carbocycles. The SMILES string of the molecule is CCOC(=O)c1nc2nc3cc(CC)c(CC)cc3nc2c(=O)[nH]1. The van der Waals surface area contributed by atoms with Crippen molar-refractivity contribution in [2.45, 2.75) is 33.6 Å². The molecule has 3 aromatic rings. The first kappa shape index (κ1) is 16.0. The Morgan fingerprint density at radius 1 is 1.04 bits per heavy atom. The number of ether oxygens (including phenoxy) is 1. The number of aromatic amines is 1. The van der Waals surface area contributed by atoms with Crippen LogP contribution in [0.3, 0.4) is 0 Å².